The molecule has 0 amide bonds. The maximum atomic E-state index is 8.22. The highest BCUT2D eigenvalue weighted by molar-refractivity contribution is 5.55. The van der Waals surface area contributed by atoms with E-state index in [0.29, 0.717) is 0 Å². The van der Waals surface area contributed by atoms with Crippen molar-refractivity contribution in [3.8, 4) is 563 Å². The zero-order valence-electron chi connectivity index (χ0n) is 48.9. The van der Waals surface area contributed by atoms with Crippen LogP contribution < -0.4 is 0 Å². The van der Waals surface area contributed by atoms with Gasteiger partial charge in [-0.15, -0.1) is 0 Å². The molecule has 0 aliphatic rings. The Morgan fingerprint density at radius 3 is 0.186 bits per heavy atom. The first-order valence-corrected chi connectivity index (χ1v) is 24.2. The van der Waals surface area contributed by atoms with Crippen LogP contribution in [0.2, 0.25) is 0 Å². The fraction of sp³-hybridized carbons (Fsp3) is 0.0104. The smallest absolute Gasteiger partial charge is 0.153 e. The van der Waals surface area contributed by atoms with Gasteiger partial charge in [0.15, 0.2) is 6.07 Å². The molecule has 0 radical (unpaired) electrons. The number of rotatable bonds is 0. The summed E-state index contributed by atoms with van der Waals surface area (Å²) in [6, 6.07) is 1.63. The molecule has 0 spiro atoms. The molecule has 0 saturated heterocycles. The summed E-state index contributed by atoms with van der Waals surface area (Å²) in [4.78, 5) is 0. The van der Waals surface area contributed by atoms with E-state index in [1.807, 2.05) is 0 Å². The Morgan fingerprint density at radius 1 is 0.0825 bits per heavy atom. The maximum absolute atomic E-state index is 8.22. The highest BCUT2D eigenvalue weighted by atomic mass is 14.2. The molecule has 0 aromatic rings. The molecular weight excluding hydrogens is 1170 g/mol. The number of hydrogen-bond donors (Lipinski definition) is 0. The SMILES string of the molecule is CC#CC#CC#CC#CC#CC#CC#CC#CC#CC#CC#CC#CC#CC#CC#CC#CC#CC#CC#CC#CC#CC#CC#CC#CC#CC#CC#CC#CC#CC#CC#CC#CC#CC#CC#CC#CC#CC#CC#CC#CC#CC#CC#CC#CC#CC#CC#CC#N. The first kappa shape index (κ1) is 75.8. The lowest BCUT2D eigenvalue weighted by Crippen LogP contribution is -1.57. The molecule has 0 bridgehead atoms. The fourth-order valence-corrected chi connectivity index (χ4v) is 2.93. The van der Waals surface area contributed by atoms with Crippen molar-refractivity contribution in [2.45, 2.75) is 6.92 Å². The maximum Gasteiger partial charge on any atom is 0.153 e. The first-order valence-electron chi connectivity index (χ1n) is 24.2. The van der Waals surface area contributed by atoms with Crippen molar-refractivity contribution in [2.24, 2.45) is 0 Å². The van der Waals surface area contributed by atoms with Gasteiger partial charge >= 0.3 is 0 Å². The highest BCUT2D eigenvalue weighted by Crippen LogP contribution is 1.67. The third-order valence-electron chi connectivity index (χ3n) is 5.93. The van der Waals surface area contributed by atoms with Crippen LogP contribution in [-0.4, -0.2) is 0 Å². The molecule has 0 atom stereocenters. The molecule has 1 nitrogen and oxygen atoms in total. The summed E-state index contributed by atoms with van der Waals surface area (Å²) >= 11 is 0. The van der Waals surface area contributed by atoms with Crippen molar-refractivity contribution in [1.29, 1.82) is 5.26 Å². The minimum atomic E-state index is 1.63. The molecule has 0 aromatic heterocycles. The summed E-state index contributed by atoms with van der Waals surface area (Å²) < 4.78 is 0. The quantitative estimate of drug-likeness (QED) is 0.329. The van der Waals surface area contributed by atoms with E-state index in [1.54, 1.807) is 13.0 Å². The van der Waals surface area contributed by atoms with Crippen LogP contribution in [0.4, 0.5) is 0 Å². The first-order chi connectivity index (χ1) is 48.4. The Kier molecular flexibility index (Phi) is 58.5. The van der Waals surface area contributed by atoms with Gasteiger partial charge in [0.05, 0.1) is 0 Å². The average Bonchev–Trinajstić information content (AvgIpc) is 3.61. The lowest BCUT2D eigenvalue weighted by molar-refractivity contribution is 1.55. The Morgan fingerprint density at radius 2 is 0.134 bits per heavy atom. The molecule has 1 heteroatoms. The second-order valence-corrected chi connectivity index (χ2v) is 12.0. The van der Waals surface area contributed by atoms with Crippen LogP contribution in [0.1, 0.15) is 6.92 Å². The van der Waals surface area contributed by atoms with Gasteiger partial charge in [-0.3, -0.25) is 0 Å². The van der Waals surface area contributed by atoms with Gasteiger partial charge in [-0.25, -0.2) is 0 Å². The predicted octanol–water partition coefficient (Wildman–Crippen LogP) is 0.690. The molecule has 0 aliphatic carbocycles. The normalized spacial score (nSPS) is 3.96. The van der Waals surface area contributed by atoms with E-state index in [0.717, 1.165) is 0 Å². The van der Waals surface area contributed by atoms with Crippen LogP contribution in [0, 0.1) is 568 Å². The Balaban J connectivity index is 4.63. The standard InChI is InChI=1S/C96H3N/c1-2-3-4-5-6-7-8-9-10-11-12-13-14-15-16-17-18-19-20-21-22-23-24-25-26-27-28-29-30-31-32-33-34-35-36-37-38-39-40-41-42-43-44-45-46-47-48-49-50-51-52-53-54-55-56-57-58-59-60-61-62-63-64-65-66-67-68-69-70-71-72-73-74-75-76-77-78-79-80-81-82-83-84-85-86-87-88-89-90-91-92-93-94-95-96-97/h1H3. The van der Waals surface area contributed by atoms with E-state index >= 15 is 0 Å². The van der Waals surface area contributed by atoms with Crippen molar-refractivity contribution in [3.05, 3.63) is 0 Å². The van der Waals surface area contributed by atoms with Crippen molar-refractivity contribution in [1.82, 2.24) is 0 Å². The summed E-state index contributed by atoms with van der Waals surface area (Å²) in [5.74, 6) is 234. The van der Waals surface area contributed by atoms with Crippen LogP contribution in [0.3, 0.4) is 0 Å². The summed E-state index contributed by atoms with van der Waals surface area (Å²) in [6.07, 6.45) is 0. The van der Waals surface area contributed by atoms with Gasteiger partial charge in [0, 0.05) is 503 Å². The molecule has 0 heterocycles. The minimum Gasteiger partial charge on any atom is -0.183 e. The number of hydrogen-bond acceptors (Lipinski definition) is 1. The monoisotopic (exact) mass is 1170 g/mol. The molecule has 0 N–H and O–H groups in total. The van der Waals surface area contributed by atoms with Gasteiger partial charge < -0.3 is 0 Å². The lowest BCUT2D eigenvalue weighted by Gasteiger charge is -1.58. The average molecular weight is 1170 g/mol. The van der Waals surface area contributed by atoms with Crippen molar-refractivity contribution in [3.63, 3.8) is 0 Å². The van der Waals surface area contributed by atoms with Crippen LogP contribution in [0.25, 0.3) is 0 Å². The highest BCUT2D eigenvalue weighted by Gasteiger charge is 1.67. The Labute approximate surface area is 571 Å². The van der Waals surface area contributed by atoms with E-state index in [4.69, 9.17) is 5.26 Å². The molecule has 392 valence electrons. The Bertz CT molecular complexity index is 6830. The fourth-order valence-electron chi connectivity index (χ4n) is 2.93. The van der Waals surface area contributed by atoms with E-state index in [-0.39, 0.29) is 0 Å². The zero-order valence-corrected chi connectivity index (χ0v) is 48.9. The molecule has 0 aromatic carbocycles. The van der Waals surface area contributed by atoms with Crippen molar-refractivity contribution >= 4 is 0 Å². The Hall–Kier alpha value is -21.2. The summed E-state index contributed by atoms with van der Waals surface area (Å²) in [7, 11) is 0. The number of nitrogens with zero attached hydrogens (tertiary/aromatic N) is 1. The second kappa shape index (κ2) is 74.8. The van der Waals surface area contributed by atoms with Gasteiger partial charge in [0.1, 0.15) is 0 Å². The zero-order chi connectivity index (χ0) is 69.2. The molecular formula is C96H3N. The molecule has 0 rings (SSSR count). The molecule has 97 heavy (non-hydrogen) atoms. The van der Waals surface area contributed by atoms with Gasteiger partial charge in [-0.1, -0.05) is 5.92 Å². The van der Waals surface area contributed by atoms with Crippen LogP contribution >= 0.6 is 0 Å². The van der Waals surface area contributed by atoms with Crippen molar-refractivity contribution < 1.29 is 0 Å². The minimum absolute atomic E-state index is 1.63. The van der Waals surface area contributed by atoms with Crippen LogP contribution in [0.15, 0.2) is 0 Å². The summed E-state index contributed by atoms with van der Waals surface area (Å²) in [5, 5.41) is 8.22. The third kappa shape index (κ3) is 74.8. The predicted molar refractivity (Wildman–Crippen MR) is 377 cm³/mol. The van der Waals surface area contributed by atoms with E-state index in [2.05, 4.69) is 557 Å². The number of nitriles is 1. The second-order valence-electron chi connectivity index (χ2n) is 12.0. The van der Waals surface area contributed by atoms with Gasteiger partial charge in [-0.05, 0) is 54.3 Å². The lowest BCUT2D eigenvalue weighted by atomic mass is 10.4. The molecule has 0 aliphatic heterocycles. The molecule has 0 unspecified atom stereocenters. The van der Waals surface area contributed by atoms with Crippen molar-refractivity contribution in [2.75, 3.05) is 0 Å². The topological polar surface area (TPSA) is 23.8 Å². The third-order valence-corrected chi connectivity index (χ3v) is 5.93. The summed E-state index contributed by atoms with van der Waals surface area (Å²) in [6.45, 7) is 1.68. The molecule has 0 saturated carbocycles. The largest absolute Gasteiger partial charge is 0.183 e. The van der Waals surface area contributed by atoms with Crippen LogP contribution in [0.5, 0.6) is 0 Å². The summed E-state index contributed by atoms with van der Waals surface area (Å²) in [5.41, 5.74) is 0. The van der Waals surface area contributed by atoms with E-state index < -0.39 is 0 Å². The van der Waals surface area contributed by atoms with Gasteiger partial charge in [0.2, 0.25) is 0 Å². The van der Waals surface area contributed by atoms with E-state index in [1.165, 1.54) is 0 Å². The van der Waals surface area contributed by atoms with E-state index in [9.17, 15) is 0 Å². The van der Waals surface area contributed by atoms with Crippen LogP contribution in [-0.2, 0) is 0 Å². The van der Waals surface area contributed by atoms with Gasteiger partial charge in [0.25, 0.3) is 0 Å². The molecule has 0 fully saturated rings. The van der Waals surface area contributed by atoms with Gasteiger partial charge in [-0.2, -0.15) is 5.26 Å².